The Morgan fingerprint density at radius 1 is 1.03 bits per heavy atom. The lowest BCUT2D eigenvalue weighted by atomic mass is 10.1. The number of rotatable bonds is 7. The highest BCUT2D eigenvalue weighted by atomic mass is 16.5. The van der Waals surface area contributed by atoms with E-state index in [1.54, 1.807) is 31.2 Å². The summed E-state index contributed by atoms with van der Waals surface area (Å²) >= 11 is 0. The molecule has 1 amide bonds. The molecule has 1 atom stereocenters. The summed E-state index contributed by atoms with van der Waals surface area (Å²) in [6, 6.07) is 17.2. The number of carbonyl (C=O) groups is 3. The minimum absolute atomic E-state index is 0.265. The van der Waals surface area contributed by atoms with Gasteiger partial charge in [-0.15, -0.1) is 0 Å². The van der Waals surface area contributed by atoms with Crippen LogP contribution in [-0.4, -0.2) is 42.6 Å². The van der Waals surface area contributed by atoms with E-state index in [9.17, 15) is 14.4 Å². The number of fused-ring (bicyclic) bond motifs is 1. The number of methoxy groups -OCH3 is 1. The molecule has 3 aromatic rings. The molecule has 0 radical (unpaired) electrons. The van der Waals surface area contributed by atoms with E-state index in [2.05, 4.69) is 10.3 Å². The van der Waals surface area contributed by atoms with Crippen LogP contribution in [0.1, 0.15) is 21.6 Å². The Hall–Kier alpha value is -3.74. The van der Waals surface area contributed by atoms with Crippen LogP contribution in [0.25, 0.3) is 10.9 Å². The lowest BCUT2D eigenvalue weighted by molar-refractivity contribution is -0.145. The summed E-state index contributed by atoms with van der Waals surface area (Å²) in [6.07, 6.45) is 0.265. The maximum absolute atomic E-state index is 12.6. The summed E-state index contributed by atoms with van der Waals surface area (Å²) in [5, 5.41) is 3.21. The molecule has 0 saturated carbocycles. The zero-order valence-corrected chi connectivity index (χ0v) is 16.8. The molecule has 7 heteroatoms. The highest BCUT2D eigenvalue weighted by molar-refractivity contribution is 6.04. The maximum atomic E-state index is 12.6. The zero-order chi connectivity index (χ0) is 21.5. The fraction of sp³-hybridized carbons (Fsp3) is 0.217. The topological polar surface area (TPSA) is 94.6 Å². The molecule has 0 fully saturated rings. The summed E-state index contributed by atoms with van der Waals surface area (Å²) in [5.74, 6) is -1.80. The van der Waals surface area contributed by atoms with Gasteiger partial charge in [-0.05, 0) is 24.6 Å². The van der Waals surface area contributed by atoms with Crippen LogP contribution in [0.5, 0.6) is 0 Å². The number of hydrogen-bond acceptors (Lipinski definition) is 6. The number of hydrogen-bond donors (Lipinski definition) is 1. The van der Waals surface area contributed by atoms with Gasteiger partial charge in [0, 0.05) is 17.5 Å². The average molecular weight is 406 g/mol. The van der Waals surface area contributed by atoms with E-state index in [4.69, 9.17) is 9.47 Å². The Balaban J connectivity index is 1.65. The smallest absolute Gasteiger partial charge is 0.339 e. The first-order valence-electron chi connectivity index (χ1n) is 9.42. The molecule has 0 aliphatic carbocycles. The largest absolute Gasteiger partial charge is 0.467 e. The van der Waals surface area contributed by atoms with Crippen molar-refractivity contribution in [2.24, 2.45) is 0 Å². The van der Waals surface area contributed by atoms with Crippen molar-refractivity contribution in [2.45, 2.75) is 19.4 Å². The number of nitrogens with one attached hydrogen (secondary N) is 1. The van der Waals surface area contributed by atoms with E-state index < -0.39 is 30.5 Å². The van der Waals surface area contributed by atoms with Crippen molar-refractivity contribution in [1.82, 2.24) is 10.3 Å². The van der Waals surface area contributed by atoms with Crippen LogP contribution in [0, 0.1) is 6.92 Å². The van der Waals surface area contributed by atoms with Crippen molar-refractivity contribution >= 4 is 28.7 Å². The second kappa shape index (κ2) is 9.65. The molecule has 1 N–H and O–H groups in total. The molecular weight excluding hydrogens is 384 g/mol. The number of amides is 1. The molecule has 0 aliphatic heterocycles. The van der Waals surface area contributed by atoms with E-state index in [0.29, 0.717) is 22.2 Å². The van der Waals surface area contributed by atoms with Crippen molar-refractivity contribution in [3.8, 4) is 0 Å². The van der Waals surface area contributed by atoms with Crippen molar-refractivity contribution in [1.29, 1.82) is 0 Å². The third-order valence-electron chi connectivity index (χ3n) is 4.50. The molecule has 0 saturated heterocycles. The fourth-order valence-electron chi connectivity index (χ4n) is 3.11. The third kappa shape index (κ3) is 5.20. The summed E-state index contributed by atoms with van der Waals surface area (Å²) in [6.45, 7) is 1.26. The van der Waals surface area contributed by atoms with Crippen LogP contribution < -0.4 is 5.32 Å². The van der Waals surface area contributed by atoms with Crippen LogP contribution in [0.15, 0.2) is 60.7 Å². The SMILES string of the molecule is COC(=O)[C@@H](Cc1ccccc1)NC(=O)COC(=O)c1cc(C)nc2ccccc12. The predicted octanol–water partition coefficient (Wildman–Crippen LogP) is 2.60. The Bertz CT molecular complexity index is 1070. The molecule has 1 aromatic heterocycles. The summed E-state index contributed by atoms with van der Waals surface area (Å²) in [7, 11) is 1.25. The second-order valence-corrected chi connectivity index (χ2v) is 6.74. The second-order valence-electron chi connectivity index (χ2n) is 6.74. The summed E-state index contributed by atoms with van der Waals surface area (Å²) in [5.41, 5.74) is 2.53. The average Bonchev–Trinajstić information content (AvgIpc) is 2.76. The van der Waals surface area contributed by atoms with Gasteiger partial charge in [0.05, 0.1) is 18.2 Å². The Kier molecular flexibility index (Phi) is 6.75. The lowest BCUT2D eigenvalue weighted by Crippen LogP contribution is -2.44. The number of carbonyl (C=O) groups excluding carboxylic acids is 3. The summed E-state index contributed by atoms with van der Waals surface area (Å²) in [4.78, 5) is 41.3. The molecule has 7 nitrogen and oxygen atoms in total. The number of esters is 2. The number of aromatic nitrogens is 1. The fourth-order valence-corrected chi connectivity index (χ4v) is 3.11. The van der Waals surface area contributed by atoms with E-state index >= 15 is 0 Å². The highest BCUT2D eigenvalue weighted by Gasteiger charge is 2.23. The van der Waals surface area contributed by atoms with Gasteiger partial charge in [0.2, 0.25) is 0 Å². The van der Waals surface area contributed by atoms with Crippen molar-refractivity contribution in [2.75, 3.05) is 13.7 Å². The molecule has 154 valence electrons. The number of para-hydroxylation sites is 1. The van der Waals surface area contributed by atoms with Gasteiger partial charge in [-0.25, -0.2) is 9.59 Å². The predicted molar refractivity (Wildman–Crippen MR) is 111 cm³/mol. The van der Waals surface area contributed by atoms with Crippen molar-refractivity contribution in [3.63, 3.8) is 0 Å². The first kappa shape index (κ1) is 21.0. The molecular formula is C23H22N2O5. The Morgan fingerprint density at radius 3 is 2.47 bits per heavy atom. The maximum Gasteiger partial charge on any atom is 0.339 e. The van der Waals surface area contributed by atoms with Crippen molar-refractivity contribution in [3.05, 3.63) is 77.5 Å². The number of benzene rings is 2. The minimum Gasteiger partial charge on any atom is -0.467 e. The van der Waals surface area contributed by atoms with E-state index in [-0.39, 0.29) is 6.42 Å². The highest BCUT2D eigenvalue weighted by Crippen LogP contribution is 2.19. The van der Waals surface area contributed by atoms with Crippen LogP contribution in [0.4, 0.5) is 0 Å². The molecule has 0 bridgehead atoms. The molecule has 0 spiro atoms. The summed E-state index contributed by atoms with van der Waals surface area (Å²) < 4.78 is 9.96. The van der Waals surface area contributed by atoms with Gasteiger partial charge in [0.1, 0.15) is 6.04 Å². The quantitative estimate of drug-likeness (QED) is 0.606. The van der Waals surface area contributed by atoms with E-state index in [1.807, 2.05) is 36.4 Å². The molecule has 3 rings (SSSR count). The Labute approximate surface area is 174 Å². The Morgan fingerprint density at radius 2 is 1.73 bits per heavy atom. The van der Waals surface area contributed by atoms with Gasteiger partial charge >= 0.3 is 11.9 Å². The molecule has 30 heavy (non-hydrogen) atoms. The molecule has 0 aliphatic rings. The first-order valence-corrected chi connectivity index (χ1v) is 9.42. The number of ether oxygens (including phenoxy) is 2. The monoisotopic (exact) mass is 406 g/mol. The van der Waals surface area contributed by atoms with Gasteiger partial charge < -0.3 is 14.8 Å². The van der Waals surface area contributed by atoms with Crippen LogP contribution in [0.2, 0.25) is 0 Å². The zero-order valence-electron chi connectivity index (χ0n) is 16.8. The first-order chi connectivity index (χ1) is 14.5. The van der Waals surface area contributed by atoms with Gasteiger partial charge in [-0.1, -0.05) is 48.5 Å². The standard InChI is InChI=1S/C23H22N2O5/c1-15-12-18(17-10-6-7-11-19(17)24-15)22(27)30-14-21(26)25-20(23(28)29-2)13-16-8-4-3-5-9-16/h3-12,20H,13-14H2,1-2H3,(H,25,26)/t20-/m1/s1. The molecule has 2 aromatic carbocycles. The normalized spacial score (nSPS) is 11.5. The number of pyridine rings is 1. The lowest BCUT2D eigenvalue weighted by Gasteiger charge is -2.16. The van der Waals surface area contributed by atoms with Crippen molar-refractivity contribution < 1.29 is 23.9 Å². The third-order valence-corrected chi connectivity index (χ3v) is 4.50. The number of nitrogens with zero attached hydrogens (tertiary/aromatic N) is 1. The molecule has 0 unspecified atom stereocenters. The van der Waals surface area contributed by atoms with E-state index in [0.717, 1.165) is 5.56 Å². The van der Waals surface area contributed by atoms with Crippen LogP contribution in [-0.2, 0) is 25.5 Å². The van der Waals surface area contributed by atoms with Gasteiger partial charge in [-0.3, -0.25) is 9.78 Å². The van der Waals surface area contributed by atoms with Gasteiger partial charge in [0.25, 0.3) is 5.91 Å². The van der Waals surface area contributed by atoms with Gasteiger partial charge in [-0.2, -0.15) is 0 Å². The minimum atomic E-state index is -0.882. The number of aryl methyl sites for hydroxylation is 1. The van der Waals surface area contributed by atoms with Crippen LogP contribution >= 0.6 is 0 Å². The van der Waals surface area contributed by atoms with Gasteiger partial charge in [0.15, 0.2) is 6.61 Å². The van der Waals surface area contributed by atoms with Crippen LogP contribution in [0.3, 0.4) is 0 Å². The van der Waals surface area contributed by atoms with E-state index in [1.165, 1.54) is 7.11 Å². The molecule has 1 heterocycles.